The van der Waals surface area contributed by atoms with Crippen LogP contribution in [0.25, 0.3) is 0 Å². The van der Waals surface area contributed by atoms with Crippen LogP contribution < -0.4 is 5.73 Å². The van der Waals surface area contributed by atoms with Gasteiger partial charge < -0.3 is 15.4 Å². The van der Waals surface area contributed by atoms with E-state index in [9.17, 15) is 9.59 Å². The van der Waals surface area contributed by atoms with Crippen LogP contribution in [0.5, 0.6) is 0 Å². The summed E-state index contributed by atoms with van der Waals surface area (Å²) in [6.07, 6.45) is 4.12. The lowest BCUT2D eigenvalue weighted by Crippen LogP contribution is -2.58. The molecule has 0 spiro atoms. The molecule has 0 aromatic heterocycles. The number of piperidine rings is 1. The second-order valence-corrected chi connectivity index (χ2v) is 11.3. The number of likely N-dealkylation sites (tertiary alicyclic amines) is 1. The van der Waals surface area contributed by atoms with Gasteiger partial charge in [0.25, 0.3) is 0 Å². The Labute approximate surface area is 228 Å². The summed E-state index contributed by atoms with van der Waals surface area (Å²) in [5.41, 5.74) is 5.74. The highest BCUT2D eigenvalue weighted by atomic mass is 35.5. The van der Waals surface area contributed by atoms with E-state index in [0.29, 0.717) is 42.1 Å². The standard InChI is InChI=1S/C29H33Cl2N3O3/c1-4-13-28(3)17-22(19-7-6-8-21(31)16-19)24(18-9-11-20(30)12-10-18)34(27(28)36)23(5-2)25(35)37-29(14-15-29)26(32)33/h4,6-12,16,22-24H,1,5,13-15,17H2,2-3H3,(H3,32,33)/t22-,23?,24-,28+/m1/s1. The number of benzene rings is 2. The molecule has 1 saturated heterocycles. The zero-order chi connectivity index (χ0) is 27.0. The first-order valence-corrected chi connectivity index (χ1v) is 13.3. The van der Waals surface area contributed by atoms with Crippen LogP contribution in [0.1, 0.15) is 69.0 Å². The van der Waals surface area contributed by atoms with Crippen molar-refractivity contribution in [3.63, 3.8) is 0 Å². The van der Waals surface area contributed by atoms with Crippen molar-refractivity contribution in [3.05, 3.63) is 82.4 Å². The van der Waals surface area contributed by atoms with Crippen molar-refractivity contribution in [2.45, 2.75) is 69.6 Å². The lowest BCUT2D eigenvalue weighted by Gasteiger charge is -2.51. The third kappa shape index (κ3) is 5.27. The lowest BCUT2D eigenvalue weighted by atomic mass is 9.67. The van der Waals surface area contributed by atoms with E-state index in [2.05, 4.69) is 6.58 Å². The number of amides is 1. The molecule has 2 aromatic rings. The highest BCUT2D eigenvalue weighted by molar-refractivity contribution is 6.30. The molecule has 6 nitrogen and oxygen atoms in total. The van der Waals surface area contributed by atoms with Gasteiger partial charge in [0.2, 0.25) is 5.91 Å². The molecule has 1 aliphatic carbocycles. The van der Waals surface area contributed by atoms with Gasteiger partial charge in [-0.1, -0.05) is 67.4 Å². The second-order valence-electron chi connectivity index (χ2n) is 10.4. The van der Waals surface area contributed by atoms with Crippen LogP contribution in [0.15, 0.2) is 61.2 Å². The summed E-state index contributed by atoms with van der Waals surface area (Å²) < 4.78 is 5.81. The van der Waals surface area contributed by atoms with Gasteiger partial charge in [0.1, 0.15) is 11.9 Å². The fraction of sp³-hybridized carbons (Fsp3) is 0.414. The first kappa shape index (κ1) is 27.2. The molecule has 4 rings (SSSR count). The number of esters is 1. The molecule has 8 heteroatoms. The van der Waals surface area contributed by atoms with E-state index in [1.54, 1.807) is 23.1 Å². The van der Waals surface area contributed by atoms with Crippen LogP contribution in [0.4, 0.5) is 0 Å². The number of carbonyl (C=O) groups excluding carboxylic acids is 2. The van der Waals surface area contributed by atoms with Crippen LogP contribution in [0.2, 0.25) is 10.0 Å². The van der Waals surface area contributed by atoms with Gasteiger partial charge in [0.05, 0.1) is 11.5 Å². The van der Waals surface area contributed by atoms with Crippen LogP contribution >= 0.6 is 23.2 Å². The van der Waals surface area contributed by atoms with Crippen molar-refractivity contribution in [1.82, 2.24) is 4.90 Å². The van der Waals surface area contributed by atoms with Gasteiger partial charge in [0, 0.05) is 16.0 Å². The van der Waals surface area contributed by atoms with Gasteiger partial charge in [-0.05, 0) is 67.5 Å². The molecule has 1 amide bonds. The summed E-state index contributed by atoms with van der Waals surface area (Å²) >= 11 is 12.6. The van der Waals surface area contributed by atoms with E-state index in [0.717, 1.165) is 11.1 Å². The van der Waals surface area contributed by atoms with Gasteiger partial charge in [-0.25, -0.2) is 4.79 Å². The molecule has 4 atom stereocenters. The molecule has 2 aliphatic rings. The normalized spacial score (nSPS) is 25.3. The van der Waals surface area contributed by atoms with E-state index in [4.69, 9.17) is 39.1 Å². The number of nitrogens with two attached hydrogens (primary N) is 1. The monoisotopic (exact) mass is 541 g/mol. The molecule has 1 saturated carbocycles. The molecule has 2 aromatic carbocycles. The summed E-state index contributed by atoms with van der Waals surface area (Å²) in [6.45, 7) is 7.69. The molecule has 0 radical (unpaired) electrons. The summed E-state index contributed by atoms with van der Waals surface area (Å²) in [7, 11) is 0. The average Bonchev–Trinajstić information content (AvgIpc) is 3.64. The fourth-order valence-electron chi connectivity index (χ4n) is 5.51. The summed E-state index contributed by atoms with van der Waals surface area (Å²) in [6, 6.07) is 13.7. The Morgan fingerprint density at radius 3 is 2.43 bits per heavy atom. The van der Waals surface area contributed by atoms with Crippen LogP contribution in [0, 0.1) is 10.8 Å². The Morgan fingerprint density at radius 2 is 1.89 bits per heavy atom. The Morgan fingerprint density at radius 1 is 1.22 bits per heavy atom. The van der Waals surface area contributed by atoms with Gasteiger partial charge in [0.15, 0.2) is 5.60 Å². The maximum atomic E-state index is 14.3. The Hall–Kier alpha value is -2.83. The van der Waals surface area contributed by atoms with E-state index >= 15 is 0 Å². The number of carbonyl (C=O) groups is 2. The molecule has 1 heterocycles. The number of ether oxygens (including phenoxy) is 1. The van der Waals surface area contributed by atoms with Crippen LogP contribution in [0.3, 0.4) is 0 Å². The quantitative estimate of drug-likeness (QED) is 0.165. The Kier molecular flexibility index (Phi) is 7.72. The van der Waals surface area contributed by atoms with Crippen LogP contribution in [-0.4, -0.2) is 34.3 Å². The number of hydrogen-bond donors (Lipinski definition) is 2. The highest BCUT2D eigenvalue weighted by Gasteiger charge is 2.55. The predicted octanol–water partition coefficient (Wildman–Crippen LogP) is 6.42. The molecule has 1 unspecified atom stereocenters. The Balaban J connectivity index is 1.86. The van der Waals surface area contributed by atoms with Crippen molar-refractivity contribution in [2.24, 2.45) is 11.1 Å². The highest BCUT2D eigenvalue weighted by Crippen LogP contribution is 2.52. The first-order valence-electron chi connectivity index (χ1n) is 12.6. The smallest absolute Gasteiger partial charge is 0.329 e. The summed E-state index contributed by atoms with van der Waals surface area (Å²) in [5.74, 6) is -1.01. The molecule has 0 bridgehead atoms. The topological polar surface area (TPSA) is 96.5 Å². The number of amidine groups is 1. The Bertz CT molecular complexity index is 1210. The molecule has 3 N–H and O–H groups in total. The van der Waals surface area contributed by atoms with Crippen molar-refractivity contribution < 1.29 is 14.3 Å². The molecule has 37 heavy (non-hydrogen) atoms. The van der Waals surface area contributed by atoms with Gasteiger partial charge in [-0.15, -0.1) is 6.58 Å². The third-order valence-corrected chi connectivity index (χ3v) is 8.16. The molecule has 196 valence electrons. The molecule has 1 aliphatic heterocycles. The molecular weight excluding hydrogens is 509 g/mol. The van der Waals surface area contributed by atoms with Gasteiger partial charge in [-0.2, -0.15) is 0 Å². The number of hydrogen-bond acceptors (Lipinski definition) is 4. The van der Waals surface area contributed by atoms with Crippen molar-refractivity contribution in [2.75, 3.05) is 0 Å². The molecule has 2 fully saturated rings. The zero-order valence-electron chi connectivity index (χ0n) is 21.2. The third-order valence-electron chi connectivity index (χ3n) is 7.67. The van der Waals surface area contributed by atoms with E-state index in [1.165, 1.54) is 0 Å². The number of nitrogens with zero attached hydrogens (tertiary/aromatic N) is 1. The van der Waals surface area contributed by atoms with Gasteiger partial charge >= 0.3 is 5.97 Å². The number of rotatable bonds is 9. The SMILES string of the molecule is C=CC[C@@]1(C)C[C@H](c2cccc(Cl)c2)[C@@H](c2ccc(Cl)cc2)N(C(CC)C(=O)OC2(C(=N)N)CC2)C1=O. The number of allylic oxidation sites excluding steroid dienone is 1. The van der Waals surface area contributed by atoms with E-state index < -0.39 is 29.1 Å². The number of halogens is 2. The van der Waals surface area contributed by atoms with Crippen molar-refractivity contribution >= 4 is 40.9 Å². The van der Waals surface area contributed by atoms with E-state index in [1.807, 2.05) is 50.2 Å². The number of nitrogens with one attached hydrogen (secondary N) is 1. The second kappa shape index (κ2) is 10.5. The zero-order valence-corrected chi connectivity index (χ0v) is 22.7. The summed E-state index contributed by atoms with van der Waals surface area (Å²) in [5, 5.41) is 9.08. The largest absolute Gasteiger partial charge is 0.449 e. The van der Waals surface area contributed by atoms with Crippen LogP contribution in [-0.2, 0) is 14.3 Å². The minimum Gasteiger partial charge on any atom is -0.449 e. The average molecular weight is 543 g/mol. The van der Waals surface area contributed by atoms with Crippen molar-refractivity contribution in [3.8, 4) is 0 Å². The maximum absolute atomic E-state index is 14.3. The van der Waals surface area contributed by atoms with E-state index in [-0.39, 0.29) is 17.7 Å². The summed E-state index contributed by atoms with van der Waals surface area (Å²) in [4.78, 5) is 29.6. The van der Waals surface area contributed by atoms with Gasteiger partial charge in [-0.3, -0.25) is 10.2 Å². The predicted molar refractivity (Wildman–Crippen MR) is 147 cm³/mol. The minimum atomic E-state index is -1.06. The molecular formula is C29H33Cl2N3O3. The van der Waals surface area contributed by atoms with Crippen molar-refractivity contribution in [1.29, 1.82) is 5.41 Å². The minimum absolute atomic E-state index is 0.137. The lowest BCUT2D eigenvalue weighted by molar-refractivity contribution is -0.169. The fourth-order valence-corrected chi connectivity index (χ4v) is 5.83. The first-order chi connectivity index (χ1) is 17.5. The maximum Gasteiger partial charge on any atom is 0.329 e.